The summed E-state index contributed by atoms with van der Waals surface area (Å²) in [6.45, 7) is 2.10. The van der Waals surface area contributed by atoms with E-state index in [4.69, 9.17) is 5.73 Å². The lowest BCUT2D eigenvalue weighted by Gasteiger charge is -2.06. The molecule has 1 aromatic rings. The molecule has 2 nitrogen and oxygen atoms in total. The lowest BCUT2D eigenvalue weighted by atomic mass is 10.3. The minimum absolute atomic E-state index is 0.289. The largest absolute Gasteiger partial charge is 0.327 e. The Morgan fingerprint density at radius 3 is 3.00 bits per heavy atom. The Kier molecular flexibility index (Phi) is 4.11. The summed E-state index contributed by atoms with van der Waals surface area (Å²) in [5, 5.41) is 1.06. The first-order chi connectivity index (χ1) is 5.83. The van der Waals surface area contributed by atoms with E-state index in [0.29, 0.717) is 0 Å². The molecule has 0 aliphatic carbocycles. The number of nitrogens with two attached hydrogens (primary N) is 1. The Balaban J connectivity index is 2.33. The molecule has 1 rings (SSSR count). The average molecular weight is 182 g/mol. The minimum atomic E-state index is 0.289. The van der Waals surface area contributed by atoms with Gasteiger partial charge in [-0.3, -0.25) is 0 Å². The predicted octanol–water partition coefficient (Wildman–Crippen LogP) is 1.91. The average Bonchev–Trinajstić information content (AvgIpc) is 2.16. The Morgan fingerprint density at radius 1 is 1.58 bits per heavy atom. The van der Waals surface area contributed by atoms with Crippen LogP contribution in [0.2, 0.25) is 0 Å². The van der Waals surface area contributed by atoms with Crippen LogP contribution < -0.4 is 5.73 Å². The van der Waals surface area contributed by atoms with Crippen LogP contribution in [0.5, 0.6) is 0 Å². The number of nitrogens with zero attached hydrogens (tertiary/aromatic N) is 1. The number of thioether (sulfide) groups is 1. The van der Waals surface area contributed by atoms with Gasteiger partial charge in [0.25, 0.3) is 0 Å². The molecule has 1 atom stereocenters. The first-order valence-electron chi connectivity index (χ1n) is 4.12. The summed E-state index contributed by atoms with van der Waals surface area (Å²) < 4.78 is 0. The minimum Gasteiger partial charge on any atom is -0.327 e. The van der Waals surface area contributed by atoms with Crippen LogP contribution >= 0.6 is 11.8 Å². The molecule has 0 fully saturated rings. The van der Waals surface area contributed by atoms with Crippen LogP contribution in [0.4, 0.5) is 0 Å². The maximum absolute atomic E-state index is 5.77. The highest BCUT2D eigenvalue weighted by molar-refractivity contribution is 7.99. The second kappa shape index (κ2) is 5.17. The zero-order valence-electron chi connectivity index (χ0n) is 7.23. The third kappa shape index (κ3) is 3.24. The standard InChI is InChI=1S/C9H14N2S/c1-2-8(10)7-12-9-5-3-4-6-11-9/h3-6,8H,2,7,10H2,1H3/t8-/m1/s1. The zero-order chi connectivity index (χ0) is 8.81. The molecular formula is C9H14N2S. The third-order valence-electron chi connectivity index (χ3n) is 1.61. The Labute approximate surface area is 77.6 Å². The van der Waals surface area contributed by atoms with E-state index in [9.17, 15) is 0 Å². The smallest absolute Gasteiger partial charge is 0.0960 e. The fourth-order valence-electron chi connectivity index (χ4n) is 0.743. The molecule has 3 heteroatoms. The van der Waals surface area contributed by atoms with Crippen LogP contribution in [0.25, 0.3) is 0 Å². The van der Waals surface area contributed by atoms with E-state index in [1.807, 2.05) is 18.2 Å². The highest BCUT2D eigenvalue weighted by Crippen LogP contribution is 2.14. The van der Waals surface area contributed by atoms with Gasteiger partial charge in [-0.05, 0) is 18.6 Å². The Morgan fingerprint density at radius 2 is 2.42 bits per heavy atom. The van der Waals surface area contributed by atoms with E-state index in [1.54, 1.807) is 18.0 Å². The van der Waals surface area contributed by atoms with Gasteiger partial charge in [-0.1, -0.05) is 13.0 Å². The number of pyridine rings is 1. The van der Waals surface area contributed by atoms with Crippen molar-refractivity contribution in [2.75, 3.05) is 5.75 Å². The molecule has 0 aliphatic heterocycles. The molecule has 2 N–H and O–H groups in total. The molecule has 0 spiro atoms. The quantitative estimate of drug-likeness (QED) is 0.723. The van der Waals surface area contributed by atoms with E-state index in [0.717, 1.165) is 17.2 Å². The van der Waals surface area contributed by atoms with Crippen molar-refractivity contribution in [3.05, 3.63) is 24.4 Å². The van der Waals surface area contributed by atoms with E-state index in [2.05, 4.69) is 11.9 Å². The van der Waals surface area contributed by atoms with Crippen LogP contribution in [0.1, 0.15) is 13.3 Å². The van der Waals surface area contributed by atoms with E-state index < -0.39 is 0 Å². The molecule has 0 aromatic carbocycles. The normalized spacial score (nSPS) is 12.8. The number of hydrogen-bond donors (Lipinski definition) is 1. The number of rotatable bonds is 4. The molecule has 0 radical (unpaired) electrons. The maximum Gasteiger partial charge on any atom is 0.0960 e. The zero-order valence-corrected chi connectivity index (χ0v) is 8.05. The van der Waals surface area contributed by atoms with Crippen molar-refractivity contribution in [1.29, 1.82) is 0 Å². The molecule has 0 aliphatic rings. The highest BCUT2D eigenvalue weighted by Gasteiger charge is 2.00. The van der Waals surface area contributed by atoms with Crippen molar-refractivity contribution in [3.63, 3.8) is 0 Å². The Hall–Kier alpha value is -0.540. The van der Waals surface area contributed by atoms with Crippen molar-refractivity contribution in [2.24, 2.45) is 5.73 Å². The molecule has 0 unspecified atom stereocenters. The van der Waals surface area contributed by atoms with Crippen molar-refractivity contribution in [2.45, 2.75) is 24.4 Å². The summed E-state index contributed by atoms with van der Waals surface area (Å²) in [5.41, 5.74) is 5.77. The molecule has 1 aromatic heterocycles. The molecule has 1 heterocycles. The van der Waals surface area contributed by atoms with E-state index >= 15 is 0 Å². The van der Waals surface area contributed by atoms with Gasteiger partial charge in [-0.2, -0.15) is 0 Å². The van der Waals surface area contributed by atoms with Crippen LogP contribution in [0.15, 0.2) is 29.4 Å². The fourth-order valence-corrected chi connectivity index (χ4v) is 1.67. The number of aromatic nitrogens is 1. The summed E-state index contributed by atoms with van der Waals surface area (Å²) in [6.07, 6.45) is 2.83. The van der Waals surface area contributed by atoms with Crippen LogP contribution in [-0.4, -0.2) is 16.8 Å². The van der Waals surface area contributed by atoms with Crippen LogP contribution in [-0.2, 0) is 0 Å². The fraction of sp³-hybridized carbons (Fsp3) is 0.444. The summed E-state index contributed by atoms with van der Waals surface area (Å²) in [6, 6.07) is 6.21. The van der Waals surface area contributed by atoms with Crippen molar-refractivity contribution in [3.8, 4) is 0 Å². The van der Waals surface area contributed by atoms with Crippen LogP contribution in [0.3, 0.4) is 0 Å². The predicted molar refractivity (Wildman–Crippen MR) is 53.2 cm³/mol. The molecule has 0 bridgehead atoms. The second-order valence-corrected chi connectivity index (χ2v) is 3.69. The molecule has 12 heavy (non-hydrogen) atoms. The van der Waals surface area contributed by atoms with Crippen molar-refractivity contribution < 1.29 is 0 Å². The summed E-state index contributed by atoms with van der Waals surface area (Å²) in [4.78, 5) is 4.19. The maximum atomic E-state index is 5.77. The third-order valence-corrected chi connectivity index (χ3v) is 2.74. The van der Waals surface area contributed by atoms with Gasteiger partial charge in [-0.15, -0.1) is 11.8 Å². The van der Waals surface area contributed by atoms with Gasteiger partial charge in [0.2, 0.25) is 0 Å². The molecular weight excluding hydrogens is 168 g/mol. The summed E-state index contributed by atoms with van der Waals surface area (Å²) >= 11 is 1.72. The van der Waals surface area contributed by atoms with Gasteiger partial charge in [0.15, 0.2) is 0 Å². The molecule has 0 saturated heterocycles. The van der Waals surface area contributed by atoms with Gasteiger partial charge < -0.3 is 5.73 Å². The summed E-state index contributed by atoms with van der Waals surface area (Å²) in [7, 11) is 0. The van der Waals surface area contributed by atoms with E-state index in [-0.39, 0.29) is 6.04 Å². The molecule has 66 valence electrons. The van der Waals surface area contributed by atoms with Crippen LogP contribution in [0, 0.1) is 0 Å². The van der Waals surface area contributed by atoms with Gasteiger partial charge in [0.1, 0.15) is 0 Å². The topological polar surface area (TPSA) is 38.9 Å². The van der Waals surface area contributed by atoms with Crippen molar-refractivity contribution in [1.82, 2.24) is 4.98 Å². The lowest BCUT2D eigenvalue weighted by molar-refractivity contribution is 0.724. The number of hydrogen-bond acceptors (Lipinski definition) is 3. The van der Waals surface area contributed by atoms with Crippen molar-refractivity contribution >= 4 is 11.8 Å². The lowest BCUT2D eigenvalue weighted by Crippen LogP contribution is -2.21. The SMILES string of the molecule is CC[C@@H](N)CSc1ccccn1. The van der Waals surface area contributed by atoms with E-state index in [1.165, 1.54) is 0 Å². The van der Waals surface area contributed by atoms with Gasteiger partial charge in [0.05, 0.1) is 5.03 Å². The van der Waals surface area contributed by atoms with Gasteiger partial charge in [-0.25, -0.2) is 4.98 Å². The molecule has 0 saturated carbocycles. The molecule has 0 amide bonds. The highest BCUT2D eigenvalue weighted by atomic mass is 32.2. The van der Waals surface area contributed by atoms with Gasteiger partial charge in [0, 0.05) is 18.0 Å². The second-order valence-electron chi connectivity index (χ2n) is 2.65. The summed E-state index contributed by atoms with van der Waals surface area (Å²) in [5.74, 6) is 0.952. The first-order valence-corrected chi connectivity index (χ1v) is 5.11. The van der Waals surface area contributed by atoms with Gasteiger partial charge >= 0.3 is 0 Å². The first kappa shape index (κ1) is 9.55. The monoisotopic (exact) mass is 182 g/mol. The Bertz CT molecular complexity index is 213.